The number of halogens is 1. The highest BCUT2D eigenvalue weighted by atomic mass is 19.1. The van der Waals surface area contributed by atoms with Crippen molar-refractivity contribution in [1.29, 1.82) is 0 Å². The van der Waals surface area contributed by atoms with E-state index in [1.807, 2.05) is 45.0 Å². The number of nitrogens with zero attached hydrogens (tertiary/aromatic N) is 1. The lowest BCUT2D eigenvalue weighted by atomic mass is 9.99. The van der Waals surface area contributed by atoms with Crippen LogP contribution in [-0.4, -0.2) is 42.9 Å². The van der Waals surface area contributed by atoms with Crippen molar-refractivity contribution < 1.29 is 28.2 Å². The summed E-state index contributed by atoms with van der Waals surface area (Å²) < 4.78 is 25.7. The molecule has 9 heteroatoms. The van der Waals surface area contributed by atoms with Crippen LogP contribution < -0.4 is 15.5 Å². The molecule has 2 fully saturated rings. The number of benzene rings is 2. The van der Waals surface area contributed by atoms with Gasteiger partial charge in [0.2, 0.25) is 5.91 Å². The number of rotatable bonds is 6. The molecule has 1 saturated heterocycles. The summed E-state index contributed by atoms with van der Waals surface area (Å²) >= 11 is 0. The number of alkyl carbamates (subject to hydrolysis) is 1. The first kappa shape index (κ1) is 24.5. The Labute approximate surface area is 203 Å². The smallest absolute Gasteiger partial charge is 0.414 e. The van der Waals surface area contributed by atoms with Crippen molar-refractivity contribution in [2.75, 3.05) is 18.0 Å². The van der Waals surface area contributed by atoms with E-state index >= 15 is 4.39 Å². The van der Waals surface area contributed by atoms with E-state index in [1.54, 1.807) is 12.1 Å². The third-order valence-electron chi connectivity index (χ3n) is 5.96. The van der Waals surface area contributed by atoms with Gasteiger partial charge >= 0.3 is 12.2 Å². The van der Waals surface area contributed by atoms with E-state index in [-0.39, 0.29) is 19.0 Å². The van der Waals surface area contributed by atoms with E-state index in [9.17, 15) is 14.4 Å². The van der Waals surface area contributed by atoms with Crippen LogP contribution in [-0.2, 0) is 19.8 Å². The zero-order chi connectivity index (χ0) is 25.4. The Morgan fingerprint density at radius 3 is 2.43 bits per heavy atom. The lowest BCUT2D eigenvalue weighted by molar-refractivity contribution is -0.119. The number of cyclic esters (lactones) is 1. The molecule has 1 unspecified atom stereocenters. The molecule has 1 saturated carbocycles. The molecular weight excluding hydrogens is 453 g/mol. The average molecular weight is 484 g/mol. The van der Waals surface area contributed by atoms with Crippen molar-refractivity contribution >= 4 is 23.8 Å². The van der Waals surface area contributed by atoms with Crippen molar-refractivity contribution in [3.63, 3.8) is 0 Å². The van der Waals surface area contributed by atoms with E-state index < -0.39 is 35.2 Å². The van der Waals surface area contributed by atoms with Crippen LogP contribution in [0, 0.1) is 5.82 Å². The Kier molecular flexibility index (Phi) is 6.44. The van der Waals surface area contributed by atoms with E-state index in [4.69, 9.17) is 9.47 Å². The van der Waals surface area contributed by atoms with Crippen LogP contribution in [0.2, 0.25) is 0 Å². The molecule has 1 aliphatic heterocycles. The molecule has 186 valence electrons. The fourth-order valence-corrected chi connectivity index (χ4v) is 4.08. The van der Waals surface area contributed by atoms with Gasteiger partial charge in [-0.15, -0.1) is 0 Å². The minimum absolute atomic E-state index is 0.203. The molecule has 35 heavy (non-hydrogen) atoms. The highest BCUT2D eigenvalue weighted by Gasteiger charge is 2.46. The summed E-state index contributed by atoms with van der Waals surface area (Å²) in [6.07, 6.45) is 0.0859. The maximum Gasteiger partial charge on any atom is 0.414 e. The first-order valence-corrected chi connectivity index (χ1v) is 11.6. The Morgan fingerprint density at radius 1 is 1.17 bits per heavy atom. The molecule has 3 amide bonds. The topological polar surface area (TPSA) is 97.0 Å². The molecule has 0 radical (unpaired) electrons. The maximum absolute atomic E-state index is 15.0. The van der Waals surface area contributed by atoms with Gasteiger partial charge in [-0.2, -0.15) is 0 Å². The molecular formula is C26H30FN3O5. The molecule has 0 bridgehead atoms. The van der Waals surface area contributed by atoms with E-state index in [0.717, 1.165) is 18.4 Å². The molecule has 2 aromatic carbocycles. The van der Waals surface area contributed by atoms with Gasteiger partial charge in [0.15, 0.2) is 0 Å². The van der Waals surface area contributed by atoms with Crippen LogP contribution in [0.4, 0.5) is 19.7 Å². The number of carbonyl (C=O) groups excluding carboxylic acids is 3. The second-order valence-electron chi connectivity index (χ2n) is 10.0. The Bertz CT molecular complexity index is 1140. The van der Waals surface area contributed by atoms with Crippen molar-refractivity contribution in [2.45, 2.75) is 57.8 Å². The second kappa shape index (κ2) is 9.20. The summed E-state index contributed by atoms with van der Waals surface area (Å²) in [4.78, 5) is 36.9. The molecule has 2 aliphatic rings. The van der Waals surface area contributed by atoms with Crippen molar-refractivity contribution in [1.82, 2.24) is 10.6 Å². The summed E-state index contributed by atoms with van der Waals surface area (Å²) in [7, 11) is 0. The number of ether oxygens (including phenoxy) is 2. The van der Waals surface area contributed by atoms with E-state index in [1.165, 1.54) is 17.9 Å². The molecule has 2 N–H and O–H groups in total. The lowest BCUT2D eigenvalue weighted by Crippen LogP contribution is -2.39. The summed E-state index contributed by atoms with van der Waals surface area (Å²) in [5.41, 5.74) is 1.37. The Morgan fingerprint density at radius 2 is 1.86 bits per heavy atom. The fourth-order valence-electron chi connectivity index (χ4n) is 4.08. The highest BCUT2D eigenvalue weighted by Crippen LogP contribution is 2.46. The number of amides is 3. The standard InChI is InChI=1S/C26H30FN3O5/c1-16(31)28-14-20-15-30(24(33)34-20)19-9-10-21(22(27)13-19)17-5-7-18(8-6-17)26(11-12-26)29-23(32)35-25(2,3)4/h5-10,13,20H,11-12,14-15H2,1-4H3,(H,28,31)(H,29,32). The van der Waals surface area contributed by atoms with Gasteiger partial charge in [-0.1, -0.05) is 24.3 Å². The molecule has 1 aliphatic carbocycles. The Balaban J connectivity index is 1.44. The van der Waals surface area contributed by atoms with Crippen molar-refractivity contribution in [3.8, 4) is 11.1 Å². The van der Waals surface area contributed by atoms with Gasteiger partial charge in [-0.3, -0.25) is 9.69 Å². The number of anilines is 1. The number of carbonyl (C=O) groups is 3. The predicted molar refractivity (Wildman–Crippen MR) is 128 cm³/mol. The van der Waals surface area contributed by atoms with Gasteiger partial charge < -0.3 is 20.1 Å². The van der Waals surface area contributed by atoms with Crippen LogP contribution in [0.5, 0.6) is 0 Å². The number of hydrogen-bond acceptors (Lipinski definition) is 5. The first-order valence-electron chi connectivity index (χ1n) is 11.6. The lowest BCUT2D eigenvalue weighted by Gasteiger charge is -2.24. The molecule has 0 spiro atoms. The van der Waals surface area contributed by atoms with Crippen molar-refractivity contribution in [3.05, 3.63) is 53.8 Å². The number of nitrogens with one attached hydrogen (secondary N) is 2. The van der Waals surface area contributed by atoms with E-state index in [0.29, 0.717) is 16.8 Å². The molecule has 1 atom stereocenters. The summed E-state index contributed by atoms with van der Waals surface area (Å²) in [5, 5.41) is 5.58. The molecule has 2 aromatic rings. The maximum atomic E-state index is 15.0. The molecule has 1 heterocycles. The van der Waals surface area contributed by atoms with Gasteiger partial charge in [0, 0.05) is 12.5 Å². The predicted octanol–water partition coefficient (Wildman–Crippen LogP) is 4.47. The third kappa shape index (κ3) is 5.72. The second-order valence-corrected chi connectivity index (χ2v) is 10.0. The zero-order valence-corrected chi connectivity index (χ0v) is 20.3. The summed E-state index contributed by atoms with van der Waals surface area (Å²) in [5.74, 6) is -0.685. The molecule has 4 rings (SSSR count). The number of hydrogen-bond donors (Lipinski definition) is 2. The SMILES string of the molecule is CC(=O)NCC1CN(c2ccc(-c3ccc(C4(NC(=O)OC(C)(C)C)CC4)cc3)c(F)c2)C(=O)O1. The van der Waals surface area contributed by atoms with Crippen LogP contribution >= 0.6 is 0 Å². The highest BCUT2D eigenvalue weighted by molar-refractivity contribution is 5.90. The molecule has 0 aromatic heterocycles. The largest absolute Gasteiger partial charge is 0.444 e. The monoisotopic (exact) mass is 483 g/mol. The summed E-state index contributed by atoms with van der Waals surface area (Å²) in [6, 6.07) is 12.0. The van der Waals surface area contributed by atoms with E-state index in [2.05, 4.69) is 10.6 Å². The van der Waals surface area contributed by atoms with Crippen LogP contribution in [0.1, 0.15) is 46.1 Å². The normalized spacial score (nSPS) is 18.6. The minimum Gasteiger partial charge on any atom is -0.444 e. The Hall–Kier alpha value is -3.62. The van der Waals surface area contributed by atoms with Crippen LogP contribution in [0.3, 0.4) is 0 Å². The van der Waals surface area contributed by atoms with Gasteiger partial charge in [0.1, 0.15) is 17.5 Å². The first-order chi connectivity index (χ1) is 16.5. The van der Waals surface area contributed by atoms with Crippen LogP contribution in [0.15, 0.2) is 42.5 Å². The minimum atomic E-state index is -0.580. The van der Waals surface area contributed by atoms with Crippen LogP contribution in [0.25, 0.3) is 11.1 Å². The quantitative estimate of drug-likeness (QED) is 0.632. The third-order valence-corrected chi connectivity index (χ3v) is 5.96. The van der Waals surface area contributed by atoms with Gasteiger partial charge in [-0.05, 0) is 62.9 Å². The van der Waals surface area contributed by atoms with Crippen molar-refractivity contribution in [2.24, 2.45) is 0 Å². The molecule has 8 nitrogen and oxygen atoms in total. The van der Waals surface area contributed by atoms with Gasteiger partial charge in [0.05, 0.1) is 24.3 Å². The van der Waals surface area contributed by atoms with Gasteiger partial charge in [-0.25, -0.2) is 14.0 Å². The zero-order valence-electron chi connectivity index (χ0n) is 20.3. The fraction of sp³-hybridized carbons (Fsp3) is 0.423. The van der Waals surface area contributed by atoms with Gasteiger partial charge in [0.25, 0.3) is 0 Å². The summed E-state index contributed by atoms with van der Waals surface area (Å²) in [6.45, 7) is 7.26. The average Bonchev–Trinajstić information content (AvgIpc) is 3.44.